The molecule has 0 aliphatic carbocycles. The van der Waals surface area contributed by atoms with Crippen molar-refractivity contribution >= 4 is 22.0 Å². The van der Waals surface area contributed by atoms with Crippen LogP contribution in [0.1, 0.15) is 17.2 Å². The van der Waals surface area contributed by atoms with E-state index in [1.165, 1.54) is 49.5 Å². The van der Waals surface area contributed by atoms with Crippen LogP contribution < -0.4 is 10.0 Å². The number of nitrogens with zero attached hydrogens (tertiary/aromatic N) is 1. The predicted octanol–water partition coefficient (Wildman–Crippen LogP) is 2.31. The molecule has 0 fully saturated rings. The van der Waals surface area contributed by atoms with Crippen molar-refractivity contribution in [2.75, 3.05) is 27.7 Å². The zero-order valence-electron chi connectivity index (χ0n) is 16.3. The van der Waals surface area contributed by atoms with Gasteiger partial charge < -0.3 is 10.2 Å². The third-order valence-electron chi connectivity index (χ3n) is 4.31. The molecule has 1 amide bonds. The predicted molar refractivity (Wildman–Crippen MR) is 108 cm³/mol. The first-order valence-corrected chi connectivity index (χ1v) is 10.2. The molecule has 0 aromatic heterocycles. The van der Waals surface area contributed by atoms with Crippen LogP contribution >= 0.6 is 0 Å². The van der Waals surface area contributed by atoms with Crippen LogP contribution in [0.5, 0.6) is 0 Å². The van der Waals surface area contributed by atoms with Crippen molar-refractivity contribution in [3.05, 3.63) is 71.3 Å². The van der Waals surface area contributed by atoms with Crippen molar-refractivity contribution in [1.29, 1.82) is 0 Å². The van der Waals surface area contributed by atoms with Gasteiger partial charge in [0.2, 0.25) is 15.9 Å². The maximum Gasteiger partial charge on any atom is 0.244 e. The number of benzene rings is 2. The Morgan fingerprint density at radius 1 is 1.10 bits per heavy atom. The molecule has 0 spiro atoms. The highest BCUT2D eigenvalue weighted by atomic mass is 32.2. The van der Waals surface area contributed by atoms with Gasteiger partial charge in [-0.15, -0.1) is 0 Å². The summed E-state index contributed by atoms with van der Waals surface area (Å²) in [4.78, 5) is 13.8. The first-order chi connectivity index (χ1) is 13.7. The summed E-state index contributed by atoms with van der Waals surface area (Å²) in [7, 11) is 1.13. The highest BCUT2D eigenvalue weighted by Crippen LogP contribution is 2.23. The van der Waals surface area contributed by atoms with Crippen LogP contribution in [-0.4, -0.2) is 46.9 Å². The second-order valence-electron chi connectivity index (χ2n) is 6.47. The number of hydrogen-bond acceptors (Lipinski definition) is 4. The summed E-state index contributed by atoms with van der Waals surface area (Å²) in [6, 6.07) is 8.92. The lowest BCUT2D eigenvalue weighted by molar-refractivity contribution is -0.116. The molecule has 2 N–H and O–H groups in total. The van der Waals surface area contributed by atoms with Crippen LogP contribution in [0.25, 0.3) is 6.08 Å². The Labute approximate surface area is 169 Å². The molecule has 0 saturated carbocycles. The van der Waals surface area contributed by atoms with E-state index in [9.17, 15) is 22.0 Å². The number of amides is 1. The average Bonchev–Trinajstić information content (AvgIpc) is 2.68. The maximum absolute atomic E-state index is 14.1. The third kappa shape index (κ3) is 5.93. The Bertz CT molecular complexity index is 970. The summed E-state index contributed by atoms with van der Waals surface area (Å²) in [6.45, 7) is 0.00732. The summed E-state index contributed by atoms with van der Waals surface area (Å²) in [6.07, 6.45) is 2.78. The summed E-state index contributed by atoms with van der Waals surface area (Å²) in [5, 5.41) is 2.63. The zero-order chi connectivity index (χ0) is 21.6. The third-order valence-corrected chi connectivity index (χ3v) is 5.74. The van der Waals surface area contributed by atoms with Gasteiger partial charge in [0.25, 0.3) is 0 Å². The minimum absolute atomic E-state index is 0.00732. The molecule has 0 heterocycles. The quantitative estimate of drug-likeness (QED) is 0.639. The Balaban J connectivity index is 2.04. The Kier molecular flexibility index (Phi) is 7.60. The molecule has 9 heteroatoms. The molecule has 29 heavy (non-hydrogen) atoms. The van der Waals surface area contributed by atoms with Gasteiger partial charge in [-0.2, -0.15) is 0 Å². The van der Waals surface area contributed by atoms with Crippen molar-refractivity contribution in [1.82, 2.24) is 14.9 Å². The van der Waals surface area contributed by atoms with Gasteiger partial charge in [-0.3, -0.25) is 4.79 Å². The minimum atomic E-state index is -3.53. The average molecular weight is 423 g/mol. The number of carbonyl (C=O) groups excluding carboxylic acids is 1. The minimum Gasteiger partial charge on any atom is -0.351 e. The van der Waals surface area contributed by atoms with Gasteiger partial charge in [0.05, 0.1) is 10.9 Å². The van der Waals surface area contributed by atoms with Crippen LogP contribution in [0.2, 0.25) is 0 Å². The van der Waals surface area contributed by atoms with Crippen LogP contribution in [-0.2, 0) is 14.8 Å². The Hall–Kier alpha value is -2.62. The summed E-state index contributed by atoms with van der Waals surface area (Å²) >= 11 is 0. The molecule has 0 radical (unpaired) electrons. The number of rotatable bonds is 8. The van der Waals surface area contributed by atoms with Crippen molar-refractivity contribution in [3.63, 3.8) is 0 Å². The van der Waals surface area contributed by atoms with Crippen LogP contribution in [0.3, 0.4) is 0 Å². The SMILES string of the molecule is CNS(=O)(=O)c1ccc(/C=C/C(=O)NCC(c2c(F)cccc2F)N(C)C)cc1. The maximum atomic E-state index is 14.1. The van der Waals surface area contributed by atoms with E-state index < -0.39 is 33.6 Å². The van der Waals surface area contributed by atoms with Gasteiger partial charge in [0.15, 0.2) is 0 Å². The second-order valence-corrected chi connectivity index (χ2v) is 8.36. The number of halogens is 2. The van der Waals surface area contributed by atoms with E-state index in [4.69, 9.17) is 0 Å². The molecule has 2 aromatic rings. The topological polar surface area (TPSA) is 78.5 Å². The largest absolute Gasteiger partial charge is 0.351 e. The van der Waals surface area contributed by atoms with Gasteiger partial charge in [0, 0.05) is 18.2 Å². The standard InChI is InChI=1S/C20H23F2N3O3S/c1-23-29(27,28)15-10-7-14(8-11-15)9-12-19(26)24-13-18(25(2)3)20-16(21)5-4-6-17(20)22/h4-12,18,23H,13H2,1-3H3,(H,24,26)/b12-9+. The van der Waals surface area contributed by atoms with E-state index >= 15 is 0 Å². The molecule has 156 valence electrons. The lowest BCUT2D eigenvalue weighted by Crippen LogP contribution is -2.34. The smallest absolute Gasteiger partial charge is 0.244 e. The van der Waals surface area contributed by atoms with Crippen molar-refractivity contribution in [2.24, 2.45) is 0 Å². The van der Waals surface area contributed by atoms with E-state index in [1.807, 2.05) is 0 Å². The first-order valence-electron chi connectivity index (χ1n) is 8.75. The molecular formula is C20H23F2N3O3S. The number of nitrogens with one attached hydrogen (secondary N) is 2. The summed E-state index contributed by atoms with van der Waals surface area (Å²) < 4.78 is 53.7. The van der Waals surface area contributed by atoms with Crippen molar-refractivity contribution in [2.45, 2.75) is 10.9 Å². The van der Waals surface area contributed by atoms with Crippen LogP contribution in [0.4, 0.5) is 8.78 Å². The van der Waals surface area contributed by atoms with Crippen molar-refractivity contribution in [3.8, 4) is 0 Å². The molecule has 2 rings (SSSR count). The lowest BCUT2D eigenvalue weighted by atomic mass is 10.0. The lowest BCUT2D eigenvalue weighted by Gasteiger charge is -2.25. The number of hydrogen-bond donors (Lipinski definition) is 2. The molecule has 2 aromatic carbocycles. The Morgan fingerprint density at radius 2 is 1.69 bits per heavy atom. The molecule has 6 nitrogen and oxygen atoms in total. The zero-order valence-corrected chi connectivity index (χ0v) is 17.1. The summed E-state index contributed by atoms with van der Waals surface area (Å²) in [5.74, 6) is -1.80. The van der Waals surface area contributed by atoms with E-state index in [0.717, 1.165) is 0 Å². The van der Waals surface area contributed by atoms with Gasteiger partial charge in [-0.25, -0.2) is 21.9 Å². The number of carbonyl (C=O) groups is 1. The molecule has 1 unspecified atom stereocenters. The first kappa shape index (κ1) is 22.7. The van der Waals surface area contributed by atoms with E-state index in [0.29, 0.717) is 5.56 Å². The molecule has 0 bridgehead atoms. The van der Waals surface area contributed by atoms with Gasteiger partial charge in [0.1, 0.15) is 11.6 Å². The normalized spacial score (nSPS) is 13.0. The fourth-order valence-electron chi connectivity index (χ4n) is 2.68. The van der Waals surface area contributed by atoms with E-state index in [-0.39, 0.29) is 17.0 Å². The fraction of sp³-hybridized carbons (Fsp3) is 0.250. The molecular weight excluding hydrogens is 400 g/mol. The van der Waals surface area contributed by atoms with Gasteiger partial charge >= 0.3 is 0 Å². The van der Waals surface area contributed by atoms with Crippen molar-refractivity contribution < 1.29 is 22.0 Å². The number of sulfonamides is 1. The molecule has 1 atom stereocenters. The molecule has 0 aliphatic rings. The van der Waals surface area contributed by atoms with Gasteiger partial charge in [-0.1, -0.05) is 18.2 Å². The Morgan fingerprint density at radius 3 is 2.21 bits per heavy atom. The monoisotopic (exact) mass is 423 g/mol. The highest BCUT2D eigenvalue weighted by molar-refractivity contribution is 7.89. The second kappa shape index (κ2) is 9.73. The van der Waals surface area contributed by atoms with E-state index in [2.05, 4.69) is 10.0 Å². The fourth-order valence-corrected chi connectivity index (χ4v) is 3.41. The van der Waals surface area contributed by atoms with E-state index in [1.54, 1.807) is 31.1 Å². The van der Waals surface area contributed by atoms with Crippen LogP contribution in [0, 0.1) is 11.6 Å². The van der Waals surface area contributed by atoms with Crippen LogP contribution in [0.15, 0.2) is 53.4 Å². The summed E-state index contributed by atoms with van der Waals surface area (Å²) in [5.41, 5.74) is 0.516. The van der Waals surface area contributed by atoms with Gasteiger partial charge in [-0.05, 0) is 57.0 Å². The number of likely N-dealkylation sites (N-methyl/N-ethyl adjacent to an activating group) is 1. The highest BCUT2D eigenvalue weighted by Gasteiger charge is 2.22. The molecule has 0 aliphatic heterocycles. The molecule has 0 saturated heterocycles.